The molecule has 0 amide bonds. The minimum absolute atomic E-state index is 0.0570. The number of nitrogens with one attached hydrogen (secondary N) is 1. The van der Waals surface area contributed by atoms with Crippen molar-refractivity contribution in [2.45, 2.75) is 19.9 Å². The number of anilines is 1. The van der Waals surface area contributed by atoms with E-state index in [1.807, 2.05) is 0 Å². The third-order valence-corrected chi connectivity index (χ3v) is 3.00. The number of pyridine rings is 1. The van der Waals surface area contributed by atoms with Crippen molar-refractivity contribution in [1.82, 2.24) is 4.98 Å². The van der Waals surface area contributed by atoms with Gasteiger partial charge in [0.05, 0.1) is 4.92 Å². The van der Waals surface area contributed by atoms with Crippen LogP contribution in [0.4, 0.5) is 20.3 Å². The van der Waals surface area contributed by atoms with Gasteiger partial charge in [0, 0.05) is 23.9 Å². The van der Waals surface area contributed by atoms with Crippen molar-refractivity contribution in [3.05, 3.63) is 63.3 Å². The summed E-state index contributed by atoms with van der Waals surface area (Å²) in [5, 5.41) is 13.9. The fourth-order valence-electron chi connectivity index (χ4n) is 1.88. The van der Waals surface area contributed by atoms with Crippen molar-refractivity contribution < 1.29 is 13.7 Å². The van der Waals surface area contributed by atoms with Crippen molar-refractivity contribution in [3.63, 3.8) is 0 Å². The molecule has 0 aliphatic carbocycles. The average molecular weight is 293 g/mol. The molecule has 0 unspecified atom stereocenters. The summed E-state index contributed by atoms with van der Waals surface area (Å²) in [6.45, 7) is 1.89. The molecule has 0 saturated carbocycles. The fourth-order valence-corrected chi connectivity index (χ4v) is 1.88. The molecule has 1 heterocycles. The van der Waals surface area contributed by atoms with Gasteiger partial charge in [0.25, 0.3) is 6.43 Å². The Morgan fingerprint density at radius 1 is 1.29 bits per heavy atom. The number of halogens is 2. The summed E-state index contributed by atoms with van der Waals surface area (Å²) in [5.41, 5.74) is 1.10. The van der Waals surface area contributed by atoms with Gasteiger partial charge in [-0.1, -0.05) is 24.3 Å². The number of aryl methyl sites for hydroxylation is 1. The Balaban J connectivity index is 2.13. The van der Waals surface area contributed by atoms with Crippen molar-refractivity contribution in [2.75, 3.05) is 5.32 Å². The summed E-state index contributed by atoms with van der Waals surface area (Å²) in [6.07, 6.45) is -1.03. The second-order valence-corrected chi connectivity index (χ2v) is 4.48. The molecule has 110 valence electrons. The predicted molar refractivity (Wildman–Crippen MR) is 74.4 cm³/mol. The van der Waals surface area contributed by atoms with Gasteiger partial charge in [0.15, 0.2) is 0 Å². The summed E-state index contributed by atoms with van der Waals surface area (Å²) in [4.78, 5) is 14.5. The highest BCUT2D eigenvalue weighted by Gasteiger charge is 2.18. The van der Waals surface area contributed by atoms with Crippen LogP contribution in [0.1, 0.15) is 23.1 Å². The second-order valence-electron chi connectivity index (χ2n) is 4.48. The van der Waals surface area contributed by atoms with E-state index in [1.54, 1.807) is 25.1 Å². The van der Waals surface area contributed by atoms with Crippen molar-refractivity contribution >= 4 is 11.5 Å². The molecule has 7 heteroatoms. The molecule has 21 heavy (non-hydrogen) atoms. The maximum absolute atomic E-state index is 12.4. The highest BCUT2D eigenvalue weighted by molar-refractivity contribution is 5.59. The van der Waals surface area contributed by atoms with E-state index in [0.717, 1.165) is 5.56 Å². The lowest BCUT2D eigenvalue weighted by Crippen LogP contribution is -2.05. The van der Waals surface area contributed by atoms with E-state index in [1.165, 1.54) is 18.3 Å². The molecule has 0 fully saturated rings. The van der Waals surface area contributed by atoms with Crippen LogP contribution in [0.3, 0.4) is 0 Å². The number of aromatic nitrogens is 1. The van der Waals surface area contributed by atoms with Crippen LogP contribution in [-0.4, -0.2) is 9.91 Å². The van der Waals surface area contributed by atoms with Crippen molar-refractivity contribution in [1.29, 1.82) is 0 Å². The molecule has 5 nitrogen and oxygen atoms in total. The molecule has 0 bridgehead atoms. The smallest absolute Gasteiger partial charge is 0.314 e. The zero-order valence-electron chi connectivity index (χ0n) is 11.2. The highest BCUT2D eigenvalue weighted by Crippen LogP contribution is 2.26. The van der Waals surface area contributed by atoms with Gasteiger partial charge < -0.3 is 5.32 Å². The minimum atomic E-state index is -2.51. The molecular weight excluding hydrogens is 280 g/mol. The number of hydrogen-bond donors (Lipinski definition) is 1. The van der Waals surface area contributed by atoms with E-state index < -0.39 is 11.3 Å². The third-order valence-electron chi connectivity index (χ3n) is 3.00. The number of alkyl halides is 2. The Kier molecular flexibility index (Phi) is 4.42. The normalized spacial score (nSPS) is 10.7. The van der Waals surface area contributed by atoms with Crippen LogP contribution in [0, 0.1) is 17.0 Å². The molecule has 0 atom stereocenters. The van der Waals surface area contributed by atoms with Gasteiger partial charge in [-0.25, -0.2) is 13.8 Å². The van der Waals surface area contributed by atoms with Gasteiger partial charge in [-0.2, -0.15) is 0 Å². The van der Waals surface area contributed by atoms with Gasteiger partial charge in [-0.05, 0) is 18.6 Å². The molecule has 1 aromatic carbocycles. The number of nitrogens with zero attached hydrogens (tertiary/aromatic N) is 2. The van der Waals surface area contributed by atoms with E-state index >= 15 is 0 Å². The first-order valence-electron chi connectivity index (χ1n) is 6.20. The topological polar surface area (TPSA) is 68.1 Å². The van der Waals surface area contributed by atoms with Crippen LogP contribution >= 0.6 is 0 Å². The summed E-state index contributed by atoms with van der Waals surface area (Å²) in [7, 11) is 0. The first-order chi connectivity index (χ1) is 9.99. The summed E-state index contributed by atoms with van der Waals surface area (Å²) >= 11 is 0. The van der Waals surface area contributed by atoms with Crippen LogP contribution in [0.15, 0.2) is 36.5 Å². The Labute approximate surface area is 119 Å². The Hall–Kier alpha value is -2.57. The van der Waals surface area contributed by atoms with Gasteiger partial charge in [-0.15, -0.1) is 0 Å². The highest BCUT2D eigenvalue weighted by atomic mass is 19.3. The molecule has 0 saturated heterocycles. The van der Waals surface area contributed by atoms with Gasteiger partial charge in [0.1, 0.15) is 0 Å². The summed E-state index contributed by atoms with van der Waals surface area (Å²) in [6, 6.07) is 7.33. The molecule has 1 aromatic heterocycles. The Morgan fingerprint density at radius 3 is 2.52 bits per heavy atom. The van der Waals surface area contributed by atoms with Crippen molar-refractivity contribution in [3.8, 4) is 0 Å². The molecule has 0 spiro atoms. The first kappa shape index (κ1) is 14.8. The number of rotatable bonds is 5. The largest absolute Gasteiger partial charge is 0.360 e. The number of nitro groups is 1. The van der Waals surface area contributed by atoms with E-state index in [2.05, 4.69) is 10.3 Å². The number of hydrogen-bond acceptors (Lipinski definition) is 4. The summed E-state index contributed by atoms with van der Waals surface area (Å²) < 4.78 is 24.9. The molecule has 0 aliphatic heterocycles. The zero-order valence-corrected chi connectivity index (χ0v) is 11.2. The lowest BCUT2D eigenvalue weighted by molar-refractivity contribution is -0.384. The van der Waals surface area contributed by atoms with Crippen LogP contribution in [-0.2, 0) is 6.54 Å². The monoisotopic (exact) mass is 293 g/mol. The quantitative estimate of drug-likeness (QED) is 0.671. The van der Waals surface area contributed by atoms with Gasteiger partial charge in [-0.3, -0.25) is 10.1 Å². The van der Waals surface area contributed by atoms with Crippen LogP contribution in [0.25, 0.3) is 0 Å². The fraction of sp³-hybridized carbons (Fsp3) is 0.214. The number of benzene rings is 1. The summed E-state index contributed by atoms with van der Waals surface area (Å²) in [5.74, 6) is 0.165. The molecule has 0 aliphatic rings. The van der Waals surface area contributed by atoms with Crippen LogP contribution in [0.2, 0.25) is 0 Å². The SMILES string of the molecule is Cc1ccnc(NCc2ccc(C(F)F)cc2)c1[N+](=O)[O-]. The first-order valence-corrected chi connectivity index (χ1v) is 6.20. The minimum Gasteiger partial charge on any atom is -0.360 e. The van der Waals surface area contributed by atoms with Crippen molar-refractivity contribution in [2.24, 2.45) is 0 Å². The van der Waals surface area contributed by atoms with Crippen LogP contribution in [0.5, 0.6) is 0 Å². The van der Waals surface area contributed by atoms with Gasteiger partial charge >= 0.3 is 5.69 Å². The van der Waals surface area contributed by atoms with Crippen LogP contribution < -0.4 is 5.32 Å². The second kappa shape index (κ2) is 6.25. The third kappa shape index (κ3) is 3.50. The Morgan fingerprint density at radius 2 is 1.95 bits per heavy atom. The molecule has 0 radical (unpaired) electrons. The van der Waals surface area contributed by atoms with E-state index in [4.69, 9.17) is 0 Å². The van der Waals surface area contributed by atoms with Gasteiger partial charge in [0.2, 0.25) is 5.82 Å². The lowest BCUT2D eigenvalue weighted by atomic mass is 10.1. The molecule has 2 aromatic rings. The maximum Gasteiger partial charge on any atom is 0.314 e. The standard InChI is InChI=1S/C14H13F2N3O2/c1-9-6-7-17-14(12(9)19(20)21)18-8-10-2-4-11(5-3-10)13(15)16/h2-7,13H,8H2,1H3,(H,17,18). The Bertz CT molecular complexity index is 645. The molecule has 1 N–H and O–H groups in total. The molecular formula is C14H13F2N3O2. The molecule has 2 rings (SSSR count). The maximum atomic E-state index is 12.4. The van der Waals surface area contributed by atoms with E-state index in [-0.39, 0.29) is 23.6 Å². The van der Waals surface area contributed by atoms with E-state index in [9.17, 15) is 18.9 Å². The lowest BCUT2D eigenvalue weighted by Gasteiger charge is -2.08. The zero-order chi connectivity index (χ0) is 15.4. The average Bonchev–Trinajstić information content (AvgIpc) is 2.45. The van der Waals surface area contributed by atoms with E-state index in [0.29, 0.717) is 5.56 Å². The predicted octanol–water partition coefficient (Wildman–Crippen LogP) is 3.85.